The van der Waals surface area contributed by atoms with Crippen LogP contribution in [0.4, 0.5) is 4.39 Å². The minimum Gasteiger partial charge on any atom is -0.316 e. The van der Waals surface area contributed by atoms with Gasteiger partial charge in [0.25, 0.3) is 0 Å². The van der Waals surface area contributed by atoms with Crippen LogP contribution in [0.5, 0.6) is 0 Å². The van der Waals surface area contributed by atoms with Gasteiger partial charge in [-0.2, -0.15) is 0 Å². The Morgan fingerprint density at radius 3 is 2.60 bits per heavy atom. The summed E-state index contributed by atoms with van der Waals surface area (Å²) in [5.74, 6) is -0.810. The van der Waals surface area contributed by atoms with E-state index in [2.05, 4.69) is 21.2 Å². The lowest BCUT2D eigenvalue weighted by atomic mass is 10.2. The second-order valence-electron chi connectivity index (χ2n) is 2.95. The number of benzene rings is 1. The van der Waals surface area contributed by atoms with Gasteiger partial charge in [-0.05, 0) is 19.2 Å². The number of sulfonamides is 1. The fourth-order valence-electron chi connectivity index (χ4n) is 1.14. The normalized spacial score (nSPS) is 11.7. The van der Waals surface area contributed by atoms with Gasteiger partial charge >= 0.3 is 0 Å². The van der Waals surface area contributed by atoms with Crippen LogP contribution in [0.2, 0.25) is 0 Å². The molecule has 0 atom stereocenters. The molecular formula is C8H10BrFN2O2S. The second kappa shape index (κ2) is 4.56. The van der Waals surface area contributed by atoms with Gasteiger partial charge in [0.05, 0.1) is 0 Å². The third kappa shape index (κ3) is 2.97. The zero-order chi connectivity index (χ0) is 11.6. The van der Waals surface area contributed by atoms with Crippen molar-refractivity contribution in [2.75, 3.05) is 7.05 Å². The lowest BCUT2D eigenvalue weighted by Gasteiger charge is -2.07. The summed E-state index contributed by atoms with van der Waals surface area (Å²) in [5.41, 5.74) is 0.246. The fourth-order valence-corrected chi connectivity index (χ4v) is 2.47. The van der Waals surface area contributed by atoms with Crippen molar-refractivity contribution in [2.24, 2.45) is 5.14 Å². The highest BCUT2D eigenvalue weighted by molar-refractivity contribution is 9.10. The van der Waals surface area contributed by atoms with Gasteiger partial charge in [-0.1, -0.05) is 15.9 Å². The first-order valence-electron chi connectivity index (χ1n) is 4.01. The fraction of sp³-hybridized carbons (Fsp3) is 0.250. The van der Waals surface area contributed by atoms with Crippen molar-refractivity contribution in [3.63, 3.8) is 0 Å². The highest BCUT2D eigenvalue weighted by atomic mass is 79.9. The standard InChI is InChI=1S/C8H10BrFN2O2S/c1-12-4-5-2-6(9)3-7(8(5)10)15(11,13)14/h2-3,12H,4H2,1H3,(H2,11,13,14). The molecule has 0 fully saturated rings. The highest BCUT2D eigenvalue weighted by Crippen LogP contribution is 2.23. The molecule has 1 rings (SSSR count). The van der Waals surface area contributed by atoms with Crippen LogP contribution in [0.1, 0.15) is 5.56 Å². The summed E-state index contributed by atoms with van der Waals surface area (Å²) in [7, 11) is -2.39. The molecule has 0 aliphatic heterocycles. The molecule has 1 aromatic carbocycles. The van der Waals surface area contributed by atoms with E-state index in [9.17, 15) is 12.8 Å². The lowest BCUT2D eigenvalue weighted by molar-refractivity contribution is 0.553. The topological polar surface area (TPSA) is 72.2 Å². The number of nitrogens with one attached hydrogen (secondary N) is 1. The molecule has 0 bridgehead atoms. The average molecular weight is 297 g/mol. The van der Waals surface area contributed by atoms with E-state index >= 15 is 0 Å². The van der Waals surface area contributed by atoms with Crippen molar-refractivity contribution in [3.05, 3.63) is 28.0 Å². The molecule has 0 radical (unpaired) electrons. The maximum Gasteiger partial charge on any atom is 0.241 e. The zero-order valence-electron chi connectivity index (χ0n) is 7.92. The van der Waals surface area contributed by atoms with Gasteiger partial charge in [0.2, 0.25) is 10.0 Å². The summed E-state index contributed by atoms with van der Waals surface area (Å²) in [6.07, 6.45) is 0. The van der Waals surface area contributed by atoms with Crippen LogP contribution in [0.15, 0.2) is 21.5 Å². The summed E-state index contributed by atoms with van der Waals surface area (Å²) >= 11 is 3.10. The smallest absolute Gasteiger partial charge is 0.241 e. The molecular weight excluding hydrogens is 287 g/mol. The van der Waals surface area contributed by atoms with Crippen LogP contribution in [0, 0.1) is 5.82 Å². The van der Waals surface area contributed by atoms with Gasteiger partial charge in [0.1, 0.15) is 10.7 Å². The first kappa shape index (κ1) is 12.6. The predicted molar refractivity (Wildman–Crippen MR) is 58.2 cm³/mol. The summed E-state index contributed by atoms with van der Waals surface area (Å²) in [5, 5.41) is 7.62. The van der Waals surface area contributed by atoms with Crippen LogP contribution in [0.3, 0.4) is 0 Å². The van der Waals surface area contributed by atoms with Gasteiger partial charge in [-0.3, -0.25) is 0 Å². The van der Waals surface area contributed by atoms with Crippen molar-refractivity contribution >= 4 is 26.0 Å². The van der Waals surface area contributed by atoms with Gasteiger partial charge in [0.15, 0.2) is 0 Å². The summed E-state index contributed by atoms with van der Waals surface area (Å²) in [6.45, 7) is 0.230. The molecule has 4 nitrogen and oxygen atoms in total. The number of halogens is 2. The van der Waals surface area contributed by atoms with E-state index in [-0.39, 0.29) is 12.1 Å². The van der Waals surface area contributed by atoms with E-state index in [0.29, 0.717) is 4.47 Å². The van der Waals surface area contributed by atoms with Crippen LogP contribution >= 0.6 is 15.9 Å². The number of hydrogen-bond acceptors (Lipinski definition) is 3. The molecule has 0 amide bonds. The maximum atomic E-state index is 13.6. The maximum absolute atomic E-state index is 13.6. The Labute approximate surface area is 95.8 Å². The van der Waals surface area contributed by atoms with Crippen molar-refractivity contribution in [2.45, 2.75) is 11.4 Å². The number of hydrogen-bond donors (Lipinski definition) is 2. The van der Waals surface area contributed by atoms with Crippen LogP contribution in [-0.2, 0) is 16.6 Å². The van der Waals surface area contributed by atoms with Gasteiger partial charge in [0, 0.05) is 16.6 Å². The van der Waals surface area contributed by atoms with E-state index < -0.39 is 20.7 Å². The van der Waals surface area contributed by atoms with E-state index in [1.54, 1.807) is 7.05 Å². The van der Waals surface area contributed by atoms with Crippen molar-refractivity contribution in [3.8, 4) is 0 Å². The van der Waals surface area contributed by atoms with Gasteiger partial charge < -0.3 is 5.32 Å². The van der Waals surface area contributed by atoms with E-state index in [4.69, 9.17) is 5.14 Å². The monoisotopic (exact) mass is 296 g/mol. The number of primary sulfonamides is 1. The lowest BCUT2D eigenvalue weighted by Crippen LogP contribution is -2.16. The van der Waals surface area contributed by atoms with Crippen LogP contribution in [-0.4, -0.2) is 15.5 Å². The Bertz CT molecular complexity index is 476. The molecule has 0 saturated heterocycles. The van der Waals surface area contributed by atoms with E-state index in [0.717, 1.165) is 6.07 Å². The van der Waals surface area contributed by atoms with Crippen molar-refractivity contribution in [1.82, 2.24) is 5.32 Å². The zero-order valence-corrected chi connectivity index (χ0v) is 10.3. The molecule has 0 saturated carbocycles. The quantitative estimate of drug-likeness (QED) is 0.872. The average Bonchev–Trinajstić information content (AvgIpc) is 2.09. The molecule has 0 heterocycles. The first-order chi connectivity index (χ1) is 6.86. The van der Waals surface area contributed by atoms with Crippen LogP contribution < -0.4 is 10.5 Å². The Kier molecular flexibility index (Phi) is 3.82. The third-order valence-electron chi connectivity index (χ3n) is 1.75. The molecule has 0 aliphatic carbocycles. The molecule has 0 spiro atoms. The van der Waals surface area contributed by atoms with Crippen molar-refractivity contribution < 1.29 is 12.8 Å². The minimum atomic E-state index is -4.03. The molecule has 0 aliphatic rings. The second-order valence-corrected chi connectivity index (χ2v) is 5.40. The van der Waals surface area contributed by atoms with E-state index in [1.165, 1.54) is 6.07 Å². The summed E-state index contributed by atoms with van der Waals surface area (Å²) in [4.78, 5) is -0.498. The van der Waals surface area contributed by atoms with Gasteiger partial charge in [-0.15, -0.1) is 0 Å². The number of rotatable bonds is 3. The molecule has 3 N–H and O–H groups in total. The minimum absolute atomic E-state index is 0.230. The van der Waals surface area contributed by atoms with Crippen molar-refractivity contribution in [1.29, 1.82) is 0 Å². The Hall–Kier alpha value is -0.500. The first-order valence-corrected chi connectivity index (χ1v) is 6.35. The Morgan fingerprint density at radius 2 is 2.13 bits per heavy atom. The SMILES string of the molecule is CNCc1cc(Br)cc(S(N)(=O)=O)c1F. The Balaban J connectivity index is 3.42. The highest BCUT2D eigenvalue weighted by Gasteiger charge is 2.18. The Morgan fingerprint density at radius 1 is 1.53 bits per heavy atom. The van der Waals surface area contributed by atoms with Crippen LogP contribution in [0.25, 0.3) is 0 Å². The number of nitrogens with two attached hydrogens (primary N) is 1. The molecule has 1 aromatic rings. The van der Waals surface area contributed by atoms with Gasteiger partial charge in [-0.25, -0.2) is 17.9 Å². The largest absolute Gasteiger partial charge is 0.316 e. The summed E-state index contributed by atoms with van der Waals surface area (Å²) in [6, 6.07) is 2.64. The molecule has 84 valence electrons. The molecule has 0 unspecified atom stereocenters. The predicted octanol–water partition coefficient (Wildman–Crippen LogP) is 0.955. The summed E-state index contributed by atoms with van der Waals surface area (Å²) < 4.78 is 36.2. The van der Waals surface area contributed by atoms with E-state index in [1.807, 2.05) is 0 Å². The molecule has 0 aromatic heterocycles. The molecule has 7 heteroatoms. The third-order valence-corrected chi connectivity index (χ3v) is 3.12. The molecule has 15 heavy (non-hydrogen) atoms.